The SMILES string of the molecule is CCOC1(C(NN)c2cccc(Cl)c2)CCCC(C)C1. The number of hydrazine groups is 1. The molecule has 112 valence electrons. The fourth-order valence-corrected chi connectivity index (χ4v) is 3.74. The average molecular weight is 297 g/mol. The van der Waals surface area contributed by atoms with Gasteiger partial charge in [0.25, 0.3) is 0 Å². The largest absolute Gasteiger partial charge is 0.373 e. The predicted molar refractivity (Wildman–Crippen MR) is 83.5 cm³/mol. The molecule has 2 rings (SSSR count). The number of nitrogens with two attached hydrogens (primary N) is 1. The summed E-state index contributed by atoms with van der Waals surface area (Å²) in [4.78, 5) is 0. The Kier molecular flexibility index (Phi) is 5.44. The summed E-state index contributed by atoms with van der Waals surface area (Å²) < 4.78 is 6.20. The molecule has 0 aromatic heterocycles. The summed E-state index contributed by atoms with van der Waals surface area (Å²) in [5.41, 5.74) is 3.85. The molecule has 20 heavy (non-hydrogen) atoms. The van der Waals surface area contributed by atoms with E-state index in [4.69, 9.17) is 22.2 Å². The van der Waals surface area contributed by atoms with Gasteiger partial charge in [-0.3, -0.25) is 11.3 Å². The molecule has 1 saturated carbocycles. The van der Waals surface area contributed by atoms with Crippen LogP contribution in [0.2, 0.25) is 5.02 Å². The highest BCUT2D eigenvalue weighted by Gasteiger charge is 2.43. The molecule has 3 unspecified atom stereocenters. The molecular weight excluding hydrogens is 272 g/mol. The summed E-state index contributed by atoms with van der Waals surface area (Å²) in [6.07, 6.45) is 4.51. The highest BCUT2D eigenvalue weighted by Crippen LogP contribution is 2.43. The molecule has 1 aromatic rings. The normalized spacial score (nSPS) is 28.3. The van der Waals surface area contributed by atoms with E-state index < -0.39 is 0 Å². The van der Waals surface area contributed by atoms with Crippen LogP contribution in [0.15, 0.2) is 24.3 Å². The monoisotopic (exact) mass is 296 g/mol. The second-order valence-corrected chi connectivity index (χ2v) is 6.29. The lowest BCUT2D eigenvalue weighted by Crippen LogP contribution is -2.51. The third-order valence-electron chi connectivity index (χ3n) is 4.30. The first-order valence-corrected chi connectivity index (χ1v) is 7.84. The van der Waals surface area contributed by atoms with Gasteiger partial charge in [0.2, 0.25) is 0 Å². The van der Waals surface area contributed by atoms with E-state index in [9.17, 15) is 0 Å². The van der Waals surface area contributed by atoms with Crippen molar-refractivity contribution < 1.29 is 4.74 Å². The molecule has 1 aliphatic rings. The van der Waals surface area contributed by atoms with Crippen molar-refractivity contribution in [2.45, 2.75) is 51.2 Å². The number of hydrogen-bond acceptors (Lipinski definition) is 3. The molecule has 0 radical (unpaired) electrons. The van der Waals surface area contributed by atoms with Crippen LogP contribution in [0.1, 0.15) is 51.1 Å². The van der Waals surface area contributed by atoms with E-state index in [1.54, 1.807) is 0 Å². The number of hydrogen-bond donors (Lipinski definition) is 2. The van der Waals surface area contributed by atoms with Gasteiger partial charge in [0, 0.05) is 11.6 Å². The number of rotatable bonds is 5. The van der Waals surface area contributed by atoms with Crippen LogP contribution in [-0.4, -0.2) is 12.2 Å². The molecule has 0 heterocycles. The first-order chi connectivity index (χ1) is 9.61. The van der Waals surface area contributed by atoms with Crippen molar-refractivity contribution in [1.82, 2.24) is 5.43 Å². The summed E-state index contributed by atoms with van der Waals surface area (Å²) in [7, 11) is 0. The van der Waals surface area contributed by atoms with Crippen LogP contribution in [-0.2, 0) is 4.74 Å². The van der Waals surface area contributed by atoms with Gasteiger partial charge in [-0.05, 0) is 43.4 Å². The Morgan fingerprint density at radius 3 is 2.95 bits per heavy atom. The number of nitrogens with one attached hydrogen (secondary N) is 1. The van der Waals surface area contributed by atoms with Crippen molar-refractivity contribution in [2.24, 2.45) is 11.8 Å². The van der Waals surface area contributed by atoms with E-state index in [1.165, 1.54) is 12.8 Å². The van der Waals surface area contributed by atoms with Crippen LogP contribution < -0.4 is 11.3 Å². The van der Waals surface area contributed by atoms with E-state index in [0.29, 0.717) is 12.5 Å². The van der Waals surface area contributed by atoms with E-state index in [2.05, 4.69) is 18.4 Å². The van der Waals surface area contributed by atoms with Gasteiger partial charge in [0.05, 0.1) is 11.6 Å². The molecule has 3 N–H and O–H groups in total. The molecule has 3 nitrogen and oxygen atoms in total. The fraction of sp³-hybridized carbons (Fsp3) is 0.625. The van der Waals surface area contributed by atoms with Gasteiger partial charge < -0.3 is 4.74 Å². The zero-order chi connectivity index (χ0) is 14.6. The maximum absolute atomic E-state index is 6.20. The van der Waals surface area contributed by atoms with Gasteiger partial charge in [0.15, 0.2) is 0 Å². The summed E-state index contributed by atoms with van der Waals surface area (Å²) >= 11 is 6.13. The summed E-state index contributed by atoms with van der Waals surface area (Å²) in [5.74, 6) is 6.53. The van der Waals surface area contributed by atoms with E-state index in [0.717, 1.165) is 23.4 Å². The maximum Gasteiger partial charge on any atom is 0.0891 e. The molecule has 0 bridgehead atoms. The van der Waals surface area contributed by atoms with Crippen LogP contribution in [0.5, 0.6) is 0 Å². The Labute approximate surface area is 126 Å². The fourth-order valence-electron chi connectivity index (χ4n) is 3.55. The second kappa shape index (κ2) is 6.90. The first-order valence-electron chi connectivity index (χ1n) is 7.47. The Morgan fingerprint density at radius 2 is 2.35 bits per heavy atom. The highest BCUT2D eigenvalue weighted by molar-refractivity contribution is 6.30. The van der Waals surface area contributed by atoms with Gasteiger partial charge in [0.1, 0.15) is 0 Å². The van der Waals surface area contributed by atoms with Crippen molar-refractivity contribution in [3.63, 3.8) is 0 Å². The van der Waals surface area contributed by atoms with Crippen LogP contribution in [0, 0.1) is 5.92 Å². The zero-order valence-electron chi connectivity index (χ0n) is 12.4. The zero-order valence-corrected chi connectivity index (χ0v) is 13.1. The lowest BCUT2D eigenvalue weighted by molar-refractivity contribution is -0.102. The lowest BCUT2D eigenvalue weighted by Gasteiger charge is -2.45. The van der Waals surface area contributed by atoms with Crippen molar-refractivity contribution >= 4 is 11.6 Å². The number of benzene rings is 1. The van der Waals surface area contributed by atoms with E-state index >= 15 is 0 Å². The Hall–Kier alpha value is -0.610. The molecule has 0 spiro atoms. The lowest BCUT2D eigenvalue weighted by atomic mass is 9.73. The smallest absolute Gasteiger partial charge is 0.0891 e. The van der Waals surface area contributed by atoms with Gasteiger partial charge in [-0.2, -0.15) is 0 Å². The Bertz CT molecular complexity index is 436. The van der Waals surface area contributed by atoms with Gasteiger partial charge in [-0.15, -0.1) is 0 Å². The molecule has 3 atom stereocenters. The molecule has 1 aliphatic carbocycles. The standard InChI is InChI=1S/C16H25ClN2O/c1-3-20-16(9-5-6-12(2)11-16)15(19-18)13-7-4-8-14(17)10-13/h4,7-8,10,12,15,19H,3,5-6,9,11,18H2,1-2H3. The van der Waals surface area contributed by atoms with Crippen molar-refractivity contribution in [3.05, 3.63) is 34.9 Å². The summed E-state index contributed by atoms with van der Waals surface area (Å²) in [6, 6.07) is 7.87. The molecular formula is C16H25ClN2O. The van der Waals surface area contributed by atoms with Crippen LogP contribution in [0.4, 0.5) is 0 Å². The quantitative estimate of drug-likeness (QED) is 0.641. The van der Waals surface area contributed by atoms with Crippen LogP contribution >= 0.6 is 11.6 Å². The molecule has 0 amide bonds. The minimum Gasteiger partial charge on any atom is -0.373 e. The summed E-state index contributed by atoms with van der Waals surface area (Å²) in [5, 5.41) is 0.734. The Morgan fingerprint density at radius 1 is 1.55 bits per heavy atom. The molecule has 1 aromatic carbocycles. The first kappa shape index (κ1) is 15.8. The maximum atomic E-state index is 6.20. The molecule has 0 aliphatic heterocycles. The average Bonchev–Trinajstić information content (AvgIpc) is 2.39. The second-order valence-electron chi connectivity index (χ2n) is 5.85. The third kappa shape index (κ3) is 3.34. The molecule has 4 heteroatoms. The van der Waals surface area contributed by atoms with Crippen LogP contribution in [0.3, 0.4) is 0 Å². The van der Waals surface area contributed by atoms with E-state index in [-0.39, 0.29) is 11.6 Å². The number of ether oxygens (including phenoxy) is 1. The van der Waals surface area contributed by atoms with Gasteiger partial charge in [-0.25, -0.2) is 0 Å². The minimum atomic E-state index is -0.230. The molecule has 0 saturated heterocycles. The Balaban J connectivity index is 2.34. The third-order valence-corrected chi connectivity index (χ3v) is 4.53. The highest BCUT2D eigenvalue weighted by atomic mass is 35.5. The van der Waals surface area contributed by atoms with E-state index in [1.807, 2.05) is 25.1 Å². The summed E-state index contributed by atoms with van der Waals surface area (Å²) in [6.45, 7) is 5.04. The predicted octanol–water partition coefficient (Wildman–Crippen LogP) is 3.83. The van der Waals surface area contributed by atoms with Crippen molar-refractivity contribution in [1.29, 1.82) is 0 Å². The van der Waals surface area contributed by atoms with Crippen LogP contribution in [0.25, 0.3) is 0 Å². The minimum absolute atomic E-state index is 0.0242. The molecule has 1 fully saturated rings. The topological polar surface area (TPSA) is 47.3 Å². The van der Waals surface area contributed by atoms with Crippen molar-refractivity contribution in [2.75, 3.05) is 6.61 Å². The van der Waals surface area contributed by atoms with Crippen molar-refractivity contribution in [3.8, 4) is 0 Å². The van der Waals surface area contributed by atoms with Gasteiger partial charge in [-0.1, -0.05) is 43.5 Å². The van der Waals surface area contributed by atoms with Gasteiger partial charge >= 0.3 is 0 Å². The number of halogens is 1.